The van der Waals surface area contributed by atoms with E-state index in [0.717, 1.165) is 51.9 Å². The molecule has 1 saturated carbocycles. The Labute approximate surface area is 199 Å². The number of hydrogen-bond acceptors (Lipinski definition) is 8. The monoisotopic (exact) mass is 498 g/mol. The summed E-state index contributed by atoms with van der Waals surface area (Å²) < 4.78 is 49.2. The van der Waals surface area contributed by atoms with Crippen LogP contribution in [0.2, 0.25) is 0 Å². The third-order valence-electron chi connectivity index (χ3n) is 7.05. The van der Waals surface area contributed by atoms with Gasteiger partial charge < -0.3 is 9.47 Å². The van der Waals surface area contributed by atoms with Gasteiger partial charge in [-0.05, 0) is 39.0 Å². The Morgan fingerprint density at radius 3 is 2.45 bits per heavy atom. The molecule has 4 fully saturated rings. The molecule has 4 N–H and O–H groups in total. The molecule has 0 aromatic heterocycles. The molecule has 0 bridgehead atoms. The lowest BCUT2D eigenvalue weighted by Gasteiger charge is -2.47. The highest BCUT2D eigenvalue weighted by Crippen LogP contribution is 2.27. The third-order valence-corrected chi connectivity index (χ3v) is 7.44. The van der Waals surface area contributed by atoms with Gasteiger partial charge >= 0.3 is 6.18 Å². The number of halogens is 4. The van der Waals surface area contributed by atoms with Crippen LogP contribution in [-0.4, -0.2) is 97.9 Å². The molecule has 0 amide bonds. The minimum atomic E-state index is -4.38. The van der Waals surface area contributed by atoms with Gasteiger partial charge in [0.2, 0.25) is 0 Å². The summed E-state index contributed by atoms with van der Waals surface area (Å²) in [5, 5.41) is 13.2. The van der Waals surface area contributed by atoms with Crippen molar-refractivity contribution in [1.82, 2.24) is 31.1 Å². The summed E-state index contributed by atoms with van der Waals surface area (Å²) >= 11 is 6.39. The van der Waals surface area contributed by atoms with E-state index in [0.29, 0.717) is 12.6 Å². The zero-order chi connectivity index (χ0) is 23.4. The summed E-state index contributed by atoms with van der Waals surface area (Å²) in [5.74, 6) is 0. The molecule has 3 aliphatic heterocycles. The Kier molecular flexibility index (Phi) is 9.13. The van der Waals surface area contributed by atoms with E-state index in [4.69, 9.17) is 21.1 Å². The number of nitrogens with one attached hydrogen (secondary N) is 4. The van der Waals surface area contributed by atoms with Gasteiger partial charge in [-0.1, -0.05) is 6.42 Å². The fourth-order valence-electron chi connectivity index (χ4n) is 5.28. The van der Waals surface area contributed by atoms with Gasteiger partial charge in [-0.2, -0.15) is 13.2 Å². The second-order valence-corrected chi connectivity index (χ2v) is 10.3. The number of alkyl halides is 4. The van der Waals surface area contributed by atoms with Crippen molar-refractivity contribution in [3.05, 3.63) is 0 Å². The number of nitrogens with zero attached hydrogens (tertiary/aromatic N) is 2. The average Bonchev–Trinajstić information content (AvgIpc) is 3.21. The molecule has 1 aliphatic carbocycles. The maximum atomic E-state index is 12.7. The second kappa shape index (κ2) is 11.7. The Hall–Kier alpha value is -0.240. The molecule has 0 aromatic carbocycles. The fourth-order valence-corrected chi connectivity index (χ4v) is 5.64. The summed E-state index contributed by atoms with van der Waals surface area (Å²) in [4.78, 5) is 4.74. The number of hydrogen-bond donors (Lipinski definition) is 4. The van der Waals surface area contributed by atoms with Crippen LogP contribution in [-0.2, 0) is 9.47 Å². The molecule has 7 unspecified atom stereocenters. The van der Waals surface area contributed by atoms with E-state index in [1.165, 1.54) is 12.8 Å². The lowest BCUT2D eigenvalue weighted by molar-refractivity contribution is -0.202. The first kappa shape index (κ1) is 25.8. The molecule has 0 spiro atoms. The van der Waals surface area contributed by atoms with Crippen LogP contribution in [0.1, 0.15) is 45.4 Å². The molecule has 0 radical (unpaired) electrons. The molecule has 3 saturated heterocycles. The van der Waals surface area contributed by atoms with E-state index in [-0.39, 0.29) is 23.9 Å². The SMILES string of the molecule is CC1CCC(CNC2NC(OCC(F)(F)F)NC(N3CCN(C4CCCC(Cl)C4)CC3)N2)O1. The maximum absolute atomic E-state index is 12.7. The van der Waals surface area contributed by atoms with E-state index in [1.54, 1.807) is 0 Å². The van der Waals surface area contributed by atoms with Crippen LogP contribution in [0.5, 0.6) is 0 Å². The van der Waals surface area contributed by atoms with E-state index in [2.05, 4.69) is 38.0 Å². The summed E-state index contributed by atoms with van der Waals surface area (Å²) in [6.07, 6.45) is 0.831. The summed E-state index contributed by atoms with van der Waals surface area (Å²) in [7, 11) is 0. The Bertz CT molecular complexity index is 613. The predicted octanol–water partition coefficient (Wildman–Crippen LogP) is 1.52. The molecule has 4 aliphatic rings. The highest BCUT2D eigenvalue weighted by atomic mass is 35.5. The Morgan fingerprint density at radius 2 is 1.79 bits per heavy atom. The van der Waals surface area contributed by atoms with Crippen molar-refractivity contribution < 1.29 is 22.6 Å². The topological polar surface area (TPSA) is 73.1 Å². The quantitative estimate of drug-likeness (QED) is 0.394. The predicted molar refractivity (Wildman–Crippen MR) is 119 cm³/mol. The highest BCUT2D eigenvalue weighted by molar-refractivity contribution is 6.20. The van der Waals surface area contributed by atoms with Gasteiger partial charge in [-0.3, -0.25) is 31.1 Å². The minimum Gasteiger partial charge on any atom is -0.374 e. The standard InChI is InChI=1S/C21H38ClF3N6O2/c1-14-5-6-17(33-14)12-26-18-27-19(29-20(28-18)32-13-21(23,24)25)31-9-7-30(8-10-31)16-4-2-3-15(22)11-16/h14-20,26-29H,2-13H2,1H3. The zero-order valence-corrected chi connectivity index (χ0v) is 20.0. The lowest BCUT2D eigenvalue weighted by atomic mass is 9.93. The van der Waals surface area contributed by atoms with Crippen molar-refractivity contribution >= 4 is 11.6 Å². The molecule has 0 aromatic rings. The van der Waals surface area contributed by atoms with E-state index < -0.39 is 25.4 Å². The van der Waals surface area contributed by atoms with Crippen LogP contribution in [0, 0.1) is 0 Å². The molecule has 12 heteroatoms. The first-order valence-electron chi connectivity index (χ1n) is 12.2. The molecule has 33 heavy (non-hydrogen) atoms. The minimum absolute atomic E-state index is 0.108. The van der Waals surface area contributed by atoms with E-state index in [9.17, 15) is 13.2 Å². The third kappa shape index (κ3) is 7.88. The molecular formula is C21H38ClF3N6O2. The lowest BCUT2D eigenvalue weighted by Crippen LogP contribution is -2.76. The van der Waals surface area contributed by atoms with Crippen LogP contribution in [0.15, 0.2) is 0 Å². The van der Waals surface area contributed by atoms with Crippen LogP contribution in [0.3, 0.4) is 0 Å². The molecule has 7 atom stereocenters. The van der Waals surface area contributed by atoms with Gasteiger partial charge in [0.05, 0.1) is 12.2 Å². The Morgan fingerprint density at radius 1 is 1.03 bits per heavy atom. The van der Waals surface area contributed by atoms with Crippen molar-refractivity contribution in [2.24, 2.45) is 0 Å². The van der Waals surface area contributed by atoms with Crippen LogP contribution in [0.4, 0.5) is 13.2 Å². The van der Waals surface area contributed by atoms with Crippen molar-refractivity contribution in [3.63, 3.8) is 0 Å². The van der Waals surface area contributed by atoms with Gasteiger partial charge in [0, 0.05) is 44.1 Å². The van der Waals surface area contributed by atoms with Gasteiger partial charge in [0.15, 0.2) is 6.35 Å². The van der Waals surface area contributed by atoms with Crippen LogP contribution >= 0.6 is 11.6 Å². The van der Waals surface area contributed by atoms with E-state index >= 15 is 0 Å². The van der Waals surface area contributed by atoms with E-state index in [1.807, 2.05) is 0 Å². The van der Waals surface area contributed by atoms with Crippen molar-refractivity contribution in [2.75, 3.05) is 39.3 Å². The first-order valence-corrected chi connectivity index (χ1v) is 12.7. The molecule has 192 valence electrons. The van der Waals surface area contributed by atoms with Crippen molar-refractivity contribution in [2.45, 2.75) is 94.2 Å². The Balaban J connectivity index is 1.30. The van der Waals surface area contributed by atoms with Crippen LogP contribution < -0.4 is 21.3 Å². The normalized spacial score (nSPS) is 39.7. The summed E-state index contributed by atoms with van der Waals surface area (Å²) in [6.45, 7) is 4.83. The summed E-state index contributed by atoms with van der Waals surface area (Å²) in [5.41, 5.74) is 0. The van der Waals surface area contributed by atoms with Gasteiger partial charge in [-0.15, -0.1) is 11.6 Å². The van der Waals surface area contributed by atoms with Crippen LogP contribution in [0.25, 0.3) is 0 Å². The van der Waals surface area contributed by atoms with Crippen molar-refractivity contribution in [3.8, 4) is 0 Å². The number of piperazine rings is 1. The zero-order valence-electron chi connectivity index (χ0n) is 19.2. The van der Waals surface area contributed by atoms with Crippen molar-refractivity contribution in [1.29, 1.82) is 0 Å². The second-order valence-electron chi connectivity index (χ2n) is 9.69. The highest BCUT2D eigenvalue weighted by Gasteiger charge is 2.37. The smallest absolute Gasteiger partial charge is 0.374 e. The largest absolute Gasteiger partial charge is 0.411 e. The number of rotatable bonds is 7. The maximum Gasteiger partial charge on any atom is 0.411 e. The molecule has 8 nitrogen and oxygen atoms in total. The van der Waals surface area contributed by atoms with Gasteiger partial charge in [-0.25, -0.2) is 0 Å². The fraction of sp³-hybridized carbons (Fsp3) is 1.00. The number of ether oxygens (including phenoxy) is 2. The van der Waals surface area contributed by atoms with Gasteiger partial charge in [0.1, 0.15) is 19.2 Å². The molecule has 3 heterocycles. The molecular weight excluding hydrogens is 461 g/mol. The summed E-state index contributed by atoms with van der Waals surface area (Å²) in [6, 6.07) is 0.531. The first-order chi connectivity index (χ1) is 15.7. The molecule has 4 rings (SSSR count). The average molecular weight is 499 g/mol. The van der Waals surface area contributed by atoms with Gasteiger partial charge in [0.25, 0.3) is 0 Å².